The van der Waals surface area contributed by atoms with Crippen LogP contribution in [0.5, 0.6) is 0 Å². The van der Waals surface area contributed by atoms with Gasteiger partial charge in [-0.1, -0.05) is 5.16 Å². The molecule has 3 N–H and O–H groups in total. The third-order valence-corrected chi connectivity index (χ3v) is 1.96. The van der Waals surface area contributed by atoms with Crippen LogP contribution in [0.1, 0.15) is 5.76 Å². The van der Waals surface area contributed by atoms with Crippen molar-refractivity contribution < 1.29 is 4.52 Å². The predicted molar refractivity (Wildman–Crippen MR) is 51.7 cm³/mol. The highest BCUT2D eigenvalue weighted by Gasteiger charge is 2.11. The van der Waals surface area contributed by atoms with Crippen LogP contribution in [-0.2, 0) is 0 Å². The fourth-order valence-electron chi connectivity index (χ4n) is 1.31. The molecule has 0 saturated carbocycles. The predicted octanol–water partition coefficient (Wildman–Crippen LogP) is 0.921. The summed E-state index contributed by atoms with van der Waals surface area (Å²) in [6.07, 6.45) is 1.58. The lowest BCUT2D eigenvalue weighted by Gasteiger charge is -1.97. The van der Waals surface area contributed by atoms with E-state index in [2.05, 4.69) is 10.1 Å². The lowest BCUT2D eigenvalue weighted by molar-refractivity contribution is 0.401. The van der Waals surface area contributed by atoms with Crippen LogP contribution < -0.4 is 11.3 Å². The van der Waals surface area contributed by atoms with Crippen LogP contribution in [-0.4, -0.2) is 10.1 Å². The molecule has 0 aromatic carbocycles. The number of aromatic amines is 1. The van der Waals surface area contributed by atoms with Crippen molar-refractivity contribution in [2.45, 2.75) is 6.92 Å². The third-order valence-electron chi connectivity index (χ3n) is 1.96. The van der Waals surface area contributed by atoms with E-state index in [4.69, 9.17) is 10.3 Å². The zero-order chi connectivity index (χ0) is 10.1. The Labute approximate surface area is 79.5 Å². The minimum atomic E-state index is -0.151. The van der Waals surface area contributed by atoms with Gasteiger partial charge in [-0.3, -0.25) is 4.79 Å². The van der Waals surface area contributed by atoms with Gasteiger partial charge in [-0.15, -0.1) is 0 Å². The fourth-order valence-corrected chi connectivity index (χ4v) is 1.31. The maximum Gasteiger partial charge on any atom is 0.247 e. The molecule has 0 aliphatic rings. The van der Waals surface area contributed by atoms with Crippen LogP contribution in [0.25, 0.3) is 11.1 Å². The molecule has 2 aromatic rings. The molecule has 0 spiro atoms. The van der Waals surface area contributed by atoms with Gasteiger partial charge in [0.15, 0.2) is 5.82 Å². The quantitative estimate of drug-likeness (QED) is 0.701. The molecule has 2 heterocycles. The van der Waals surface area contributed by atoms with Gasteiger partial charge in [-0.2, -0.15) is 0 Å². The summed E-state index contributed by atoms with van der Waals surface area (Å²) in [4.78, 5) is 13.4. The van der Waals surface area contributed by atoms with Gasteiger partial charge in [-0.25, -0.2) is 0 Å². The monoisotopic (exact) mass is 191 g/mol. The number of nitrogen functional groups attached to an aromatic ring is 1. The van der Waals surface area contributed by atoms with Crippen molar-refractivity contribution in [3.63, 3.8) is 0 Å². The Hall–Kier alpha value is -2.04. The van der Waals surface area contributed by atoms with Crippen LogP contribution in [0.4, 0.5) is 5.82 Å². The molecule has 0 unspecified atom stereocenters. The molecular formula is C9H9N3O2. The summed E-state index contributed by atoms with van der Waals surface area (Å²) in [6, 6.07) is 3.11. The number of rotatable bonds is 1. The van der Waals surface area contributed by atoms with E-state index in [1.165, 1.54) is 6.07 Å². The average Bonchev–Trinajstić information content (AvgIpc) is 2.49. The largest absolute Gasteiger partial charge is 0.380 e. The highest BCUT2D eigenvalue weighted by Crippen LogP contribution is 2.27. The smallest absolute Gasteiger partial charge is 0.247 e. The molecule has 72 valence electrons. The number of nitrogens with two attached hydrogens (primary N) is 1. The summed E-state index contributed by atoms with van der Waals surface area (Å²) >= 11 is 0. The van der Waals surface area contributed by atoms with Gasteiger partial charge < -0.3 is 15.2 Å². The minimum Gasteiger partial charge on any atom is -0.380 e. The van der Waals surface area contributed by atoms with Crippen molar-refractivity contribution in [2.75, 3.05) is 5.73 Å². The molecule has 0 radical (unpaired) electrons. The zero-order valence-corrected chi connectivity index (χ0v) is 7.57. The van der Waals surface area contributed by atoms with Gasteiger partial charge in [0.05, 0.1) is 5.56 Å². The van der Waals surface area contributed by atoms with E-state index in [-0.39, 0.29) is 5.56 Å². The minimum absolute atomic E-state index is 0.151. The van der Waals surface area contributed by atoms with E-state index >= 15 is 0 Å². The molecular weight excluding hydrogens is 182 g/mol. The lowest BCUT2D eigenvalue weighted by Crippen LogP contribution is -2.01. The zero-order valence-electron chi connectivity index (χ0n) is 7.57. The van der Waals surface area contributed by atoms with Gasteiger partial charge in [0.1, 0.15) is 5.76 Å². The van der Waals surface area contributed by atoms with Gasteiger partial charge in [0, 0.05) is 17.8 Å². The third kappa shape index (κ3) is 1.28. The first-order valence-electron chi connectivity index (χ1n) is 4.09. The summed E-state index contributed by atoms with van der Waals surface area (Å²) in [5.74, 6) is 0.962. The molecule has 2 aromatic heterocycles. The van der Waals surface area contributed by atoms with Crippen molar-refractivity contribution in [2.24, 2.45) is 0 Å². The Bertz CT molecular complexity index is 473. The van der Waals surface area contributed by atoms with Gasteiger partial charge in [0.2, 0.25) is 5.56 Å². The molecule has 0 fully saturated rings. The standard InChI is InChI=1S/C9H9N3O2/c1-5-8(9(10)12-14-5)6-2-3-7(13)11-4-6/h2-4H,1H3,(H2,10,12)(H,11,13). The molecule has 5 nitrogen and oxygen atoms in total. The van der Waals surface area contributed by atoms with E-state index < -0.39 is 0 Å². The summed E-state index contributed by atoms with van der Waals surface area (Å²) in [5, 5.41) is 3.63. The first-order chi connectivity index (χ1) is 6.68. The van der Waals surface area contributed by atoms with Crippen LogP contribution in [0, 0.1) is 6.92 Å². The maximum atomic E-state index is 10.8. The molecule has 2 rings (SSSR count). The number of hydrogen-bond acceptors (Lipinski definition) is 4. The van der Waals surface area contributed by atoms with E-state index in [0.29, 0.717) is 11.6 Å². The highest BCUT2D eigenvalue weighted by atomic mass is 16.5. The normalized spacial score (nSPS) is 10.4. The van der Waals surface area contributed by atoms with Crippen LogP contribution in [0.3, 0.4) is 0 Å². The number of nitrogens with zero attached hydrogens (tertiary/aromatic N) is 1. The number of anilines is 1. The highest BCUT2D eigenvalue weighted by molar-refractivity contribution is 5.74. The van der Waals surface area contributed by atoms with Crippen LogP contribution in [0.2, 0.25) is 0 Å². The molecule has 0 aliphatic heterocycles. The Morgan fingerprint density at radius 1 is 1.50 bits per heavy atom. The van der Waals surface area contributed by atoms with E-state index in [0.717, 1.165) is 11.1 Å². The number of H-pyrrole nitrogens is 1. The van der Waals surface area contributed by atoms with Crippen molar-refractivity contribution in [3.05, 3.63) is 34.4 Å². The second-order valence-corrected chi connectivity index (χ2v) is 2.94. The number of pyridine rings is 1. The molecule has 0 atom stereocenters. The topological polar surface area (TPSA) is 84.9 Å². The second-order valence-electron chi connectivity index (χ2n) is 2.94. The maximum absolute atomic E-state index is 10.8. The van der Waals surface area contributed by atoms with Gasteiger partial charge in [0.25, 0.3) is 0 Å². The number of hydrogen-bond donors (Lipinski definition) is 2. The van der Waals surface area contributed by atoms with Crippen molar-refractivity contribution in [3.8, 4) is 11.1 Å². The fraction of sp³-hybridized carbons (Fsp3) is 0.111. The Morgan fingerprint density at radius 3 is 2.79 bits per heavy atom. The molecule has 0 amide bonds. The first-order valence-corrected chi connectivity index (χ1v) is 4.09. The Morgan fingerprint density at radius 2 is 2.29 bits per heavy atom. The number of nitrogens with one attached hydrogen (secondary N) is 1. The van der Waals surface area contributed by atoms with E-state index in [1.54, 1.807) is 19.2 Å². The number of aryl methyl sites for hydroxylation is 1. The van der Waals surface area contributed by atoms with Crippen LogP contribution >= 0.6 is 0 Å². The average molecular weight is 191 g/mol. The molecule has 5 heteroatoms. The first kappa shape index (κ1) is 8.55. The summed E-state index contributed by atoms with van der Waals surface area (Å²) < 4.78 is 4.91. The summed E-state index contributed by atoms with van der Waals surface area (Å²) in [7, 11) is 0. The molecule has 0 saturated heterocycles. The molecule has 0 bridgehead atoms. The van der Waals surface area contributed by atoms with Crippen molar-refractivity contribution >= 4 is 5.82 Å². The van der Waals surface area contributed by atoms with Gasteiger partial charge in [-0.05, 0) is 13.0 Å². The summed E-state index contributed by atoms with van der Waals surface area (Å²) in [6.45, 7) is 1.77. The summed E-state index contributed by atoms with van der Waals surface area (Å²) in [5.41, 5.74) is 6.98. The molecule has 0 aliphatic carbocycles. The lowest BCUT2D eigenvalue weighted by atomic mass is 10.1. The van der Waals surface area contributed by atoms with E-state index in [1.807, 2.05) is 0 Å². The van der Waals surface area contributed by atoms with Gasteiger partial charge >= 0.3 is 0 Å². The van der Waals surface area contributed by atoms with E-state index in [9.17, 15) is 4.79 Å². The van der Waals surface area contributed by atoms with Crippen LogP contribution in [0.15, 0.2) is 27.6 Å². The van der Waals surface area contributed by atoms with Crippen molar-refractivity contribution in [1.82, 2.24) is 10.1 Å². The number of aromatic nitrogens is 2. The second kappa shape index (κ2) is 3.02. The SMILES string of the molecule is Cc1onc(N)c1-c1ccc(=O)[nH]c1. The molecule has 14 heavy (non-hydrogen) atoms. The Kier molecular flexibility index (Phi) is 1.85. The Balaban J connectivity index is 2.60. The van der Waals surface area contributed by atoms with Crippen molar-refractivity contribution in [1.29, 1.82) is 0 Å².